The van der Waals surface area contributed by atoms with Crippen LogP contribution in [0.4, 0.5) is 5.69 Å². The summed E-state index contributed by atoms with van der Waals surface area (Å²) in [6.07, 6.45) is 0.900. The second-order valence-corrected chi connectivity index (χ2v) is 7.28. The van der Waals surface area contributed by atoms with Crippen LogP contribution in [0.1, 0.15) is 26.7 Å². The molecule has 1 aliphatic heterocycles. The maximum Gasteiger partial charge on any atom is 0.265 e. The highest BCUT2D eigenvalue weighted by atomic mass is 35.5. The molecule has 1 unspecified atom stereocenters. The number of fused-ring (bicyclic) bond motifs is 1. The fraction of sp³-hybridized carbons (Fsp3) is 0.364. The SMILES string of the molecule is CCC(CC)NC(=O)C1CN(C(=O)COc2ccc(Cl)cc2)c2ccccc2O1. The van der Waals surface area contributed by atoms with Crippen LogP contribution in [-0.2, 0) is 9.59 Å². The molecule has 0 fully saturated rings. The molecule has 2 amide bonds. The molecular weight excluding hydrogens is 392 g/mol. The molecule has 29 heavy (non-hydrogen) atoms. The number of hydrogen-bond donors (Lipinski definition) is 1. The Morgan fingerprint density at radius 3 is 2.55 bits per heavy atom. The Morgan fingerprint density at radius 2 is 1.86 bits per heavy atom. The van der Waals surface area contributed by atoms with E-state index in [1.54, 1.807) is 41.3 Å². The van der Waals surface area contributed by atoms with E-state index >= 15 is 0 Å². The molecular formula is C22H25ClN2O4. The molecule has 2 aromatic rings. The number of nitrogens with zero attached hydrogens (tertiary/aromatic N) is 1. The standard InChI is InChI=1S/C22H25ClN2O4/c1-3-16(4-2)24-22(27)20-13-25(18-7-5-6-8-19(18)29-20)21(26)14-28-17-11-9-15(23)10-12-17/h5-12,16,20H,3-4,13-14H2,1-2H3,(H,24,27). The van der Waals surface area contributed by atoms with Crippen molar-refractivity contribution >= 4 is 29.1 Å². The van der Waals surface area contributed by atoms with Crippen molar-refractivity contribution in [1.82, 2.24) is 5.32 Å². The van der Waals surface area contributed by atoms with Gasteiger partial charge in [-0.25, -0.2) is 0 Å². The quantitative estimate of drug-likeness (QED) is 0.745. The maximum absolute atomic E-state index is 12.9. The lowest BCUT2D eigenvalue weighted by Gasteiger charge is -2.34. The van der Waals surface area contributed by atoms with Gasteiger partial charge in [0, 0.05) is 11.1 Å². The highest BCUT2D eigenvalue weighted by Crippen LogP contribution is 2.33. The summed E-state index contributed by atoms with van der Waals surface area (Å²) in [7, 11) is 0. The molecule has 1 N–H and O–H groups in total. The molecule has 0 bridgehead atoms. The number of nitrogens with one attached hydrogen (secondary N) is 1. The van der Waals surface area contributed by atoms with Crippen molar-refractivity contribution in [2.24, 2.45) is 0 Å². The van der Waals surface area contributed by atoms with E-state index in [0.29, 0.717) is 22.2 Å². The molecule has 3 rings (SSSR count). The third-order valence-electron chi connectivity index (χ3n) is 4.88. The summed E-state index contributed by atoms with van der Waals surface area (Å²) in [5, 5.41) is 3.59. The van der Waals surface area contributed by atoms with E-state index in [1.165, 1.54) is 0 Å². The van der Waals surface area contributed by atoms with E-state index in [1.807, 2.05) is 26.0 Å². The molecule has 154 valence electrons. The molecule has 1 aliphatic rings. The van der Waals surface area contributed by atoms with Crippen LogP contribution < -0.4 is 19.7 Å². The summed E-state index contributed by atoms with van der Waals surface area (Å²) in [5.41, 5.74) is 0.629. The fourth-order valence-corrected chi connectivity index (χ4v) is 3.27. The molecule has 0 spiro atoms. The van der Waals surface area contributed by atoms with E-state index in [4.69, 9.17) is 21.1 Å². The number of carbonyl (C=O) groups excluding carboxylic acids is 2. The summed E-state index contributed by atoms with van der Waals surface area (Å²) in [4.78, 5) is 27.1. The number of anilines is 1. The Labute approximate surface area is 175 Å². The first kappa shape index (κ1) is 21.0. The molecule has 0 saturated heterocycles. The van der Waals surface area contributed by atoms with Crippen molar-refractivity contribution in [2.75, 3.05) is 18.1 Å². The minimum absolute atomic E-state index is 0.0839. The first-order chi connectivity index (χ1) is 14.0. The van der Waals surface area contributed by atoms with Crippen LogP contribution in [0.25, 0.3) is 0 Å². The third kappa shape index (κ3) is 5.21. The number of amides is 2. The van der Waals surface area contributed by atoms with E-state index in [0.717, 1.165) is 12.8 Å². The highest BCUT2D eigenvalue weighted by Gasteiger charge is 2.34. The second-order valence-electron chi connectivity index (χ2n) is 6.84. The van der Waals surface area contributed by atoms with E-state index < -0.39 is 6.10 Å². The van der Waals surface area contributed by atoms with Crippen LogP contribution in [0.3, 0.4) is 0 Å². The lowest BCUT2D eigenvalue weighted by Crippen LogP contribution is -2.53. The molecule has 7 heteroatoms. The van der Waals surface area contributed by atoms with Gasteiger partial charge in [-0.15, -0.1) is 0 Å². The topological polar surface area (TPSA) is 67.9 Å². The number of ether oxygens (including phenoxy) is 2. The minimum atomic E-state index is -0.773. The molecule has 0 saturated carbocycles. The molecule has 1 atom stereocenters. The Hall–Kier alpha value is -2.73. The van der Waals surface area contributed by atoms with Gasteiger partial charge in [-0.05, 0) is 49.2 Å². The predicted octanol–water partition coefficient (Wildman–Crippen LogP) is 3.82. The van der Waals surface area contributed by atoms with Crippen molar-refractivity contribution in [2.45, 2.75) is 38.8 Å². The summed E-state index contributed by atoms with van der Waals surface area (Å²) in [5.74, 6) is 0.580. The number of benzene rings is 2. The average molecular weight is 417 g/mol. The smallest absolute Gasteiger partial charge is 0.265 e. The molecule has 6 nitrogen and oxygen atoms in total. The number of rotatable bonds is 7. The fourth-order valence-electron chi connectivity index (χ4n) is 3.15. The second kappa shape index (κ2) is 9.65. The summed E-state index contributed by atoms with van der Waals surface area (Å²) >= 11 is 5.87. The van der Waals surface area contributed by atoms with Crippen LogP contribution >= 0.6 is 11.6 Å². The first-order valence-corrected chi connectivity index (χ1v) is 10.1. The van der Waals surface area contributed by atoms with Gasteiger partial charge in [0.05, 0.1) is 12.2 Å². The lowest BCUT2D eigenvalue weighted by atomic mass is 10.1. The van der Waals surface area contributed by atoms with Gasteiger partial charge in [0.15, 0.2) is 12.7 Å². The zero-order chi connectivity index (χ0) is 20.8. The minimum Gasteiger partial charge on any atom is -0.484 e. The zero-order valence-corrected chi connectivity index (χ0v) is 17.3. The summed E-state index contributed by atoms with van der Waals surface area (Å²) in [6, 6.07) is 14.1. The highest BCUT2D eigenvalue weighted by molar-refractivity contribution is 6.30. The largest absolute Gasteiger partial charge is 0.484 e. The Kier molecular flexibility index (Phi) is 6.99. The molecule has 0 radical (unpaired) electrons. The van der Waals surface area contributed by atoms with Crippen LogP contribution in [0.5, 0.6) is 11.5 Å². The van der Waals surface area contributed by atoms with Crippen LogP contribution in [0, 0.1) is 0 Å². The van der Waals surface area contributed by atoms with Crippen molar-refractivity contribution in [3.05, 3.63) is 53.6 Å². The Bertz CT molecular complexity index is 852. The average Bonchev–Trinajstić information content (AvgIpc) is 2.75. The van der Waals surface area contributed by atoms with Gasteiger partial charge in [0.1, 0.15) is 11.5 Å². The van der Waals surface area contributed by atoms with Crippen molar-refractivity contribution in [3.63, 3.8) is 0 Å². The predicted molar refractivity (Wildman–Crippen MR) is 113 cm³/mol. The zero-order valence-electron chi connectivity index (χ0n) is 16.6. The number of hydrogen-bond acceptors (Lipinski definition) is 4. The van der Waals surface area contributed by atoms with E-state index in [-0.39, 0.29) is 31.0 Å². The van der Waals surface area contributed by atoms with Gasteiger partial charge < -0.3 is 19.7 Å². The lowest BCUT2D eigenvalue weighted by molar-refractivity contribution is -0.129. The number of para-hydroxylation sites is 2. The molecule has 0 aromatic heterocycles. The monoisotopic (exact) mass is 416 g/mol. The van der Waals surface area contributed by atoms with Crippen LogP contribution in [-0.4, -0.2) is 37.1 Å². The molecule has 2 aromatic carbocycles. The van der Waals surface area contributed by atoms with Crippen molar-refractivity contribution in [1.29, 1.82) is 0 Å². The first-order valence-electron chi connectivity index (χ1n) is 9.76. The van der Waals surface area contributed by atoms with Gasteiger partial charge in [-0.2, -0.15) is 0 Å². The van der Waals surface area contributed by atoms with Crippen molar-refractivity contribution in [3.8, 4) is 11.5 Å². The number of halogens is 1. The Balaban J connectivity index is 1.72. The maximum atomic E-state index is 12.9. The summed E-state index contributed by atoms with van der Waals surface area (Å²) < 4.78 is 11.5. The third-order valence-corrected chi connectivity index (χ3v) is 5.13. The Morgan fingerprint density at radius 1 is 1.17 bits per heavy atom. The summed E-state index contributed by atoms with van der Waals surface area (Å²) in [6.45, 7) is 4.02. The van der Waals surface area contributed by atoms with Crippen molar-refractivity contribution < 1.29 is 19.1 Å². The van der Waals surface area contributed by atoms with Gasteiger partial charge in [-0.1, -0.05) is 37.6 Å². The van der Waals surface area contributed by atoms with Crippen LogP contribution in [0.15, 0.2) is 48.5 Å². The number of carbonyl (C=O) groups is 2. The van der Waals surface area contributed by atoms with Gasteiger partial charge in [0.2, 0.25) is 0 Å². The van der Waals surface area contributed by atoms with Gasteiger partial charge in [0.25, 0.3) is 11.8 Å². The molecule has 0 aliphatic carbocycles. The van der Waals surface area contributed by atoms with Gasteiger partial charge in [-0.3, -0.25) is 9.59 Å². The van der Waals surface area contributed by atoms with E-state index in [9.17, 15) is 9.59 Å². The van der Waals surface area contributed by atoms with E-state index in [2.05, 4.69) is 5.32 Å². The van der Waals surface area contributed by atoms with Crippen LogP contribution in [0.2, 0.25) is 5.02 Å². The normalized spacial score (nSPS) is 15.4. The van der Waals surface area contributed by atoms with Gasteiger partial charge >= 0.3 is 0 Å². The molecule has 1 heterocycles.